The van der Waals surface area contributed by atoms with Gasteiger partial charge in [-0.3, -0.25) is 0 Å². The van der Waals surface area contributed by atoms with Gasteiger partial charge in [0.25, 0.3) is 0 Å². The number of nitrogens with zero attached hydrogens (tertiary/aromatic N) is 3. The molecule has 1 saturated heterocycles. The second kappa shape index (κ2) is 5.20. The third-order valence-corrected chi connectivity index (χ3v) is 3.46. The highest BCUT2D eigenvalue weighted by Crippen LogP contribution is 2.20. The van der Waals surface area contributed by atoms with Gasteiger partial charge >= 0.3 is 0 Å². The highest BCUT2D eigenvalue weighted by Gasteiger charge is 2.15. The van der Waals surface area contributed by atoms with Crippen LogP contribution in [-0.2, 0) is 6.42 Å². The van der Waals surface area contributed by atoms with Gasteiger partial charge in [-0.15, -0.1) is 0 Å². The summed E-state index contributed by atoms with van der Waals surface area (Å²) in [5.41, 5.74) is 3.15. The van der Waals surface area contributed by atoms with Gasteiger partial charge in [0.15, 0.2) is 0 Å². The van der Waals surface area contributed by atoms with E-state index in [1.54, 1.807) is 0 Å². The summed E-state index contributed by atoms with van der Waals surface area (Å²) >= 11 is 0. The van der Waals surface area contributed by atoms with E-state index in [0.29, 0.717) is 0 Å². The van der Waals surface area contributed by atoms with Crippen molar-refractivity contribution in [3.8, 4) is 6.07 Å². The maximum atomic E-state index is 9.14. The minimum Gasteiger partial charge on any atom is -0.369 e. The van der Waals surface area contributed by atoms with Crippen LogP contribution in [0.25, 0.3) is 0 Å². The molecule has 3 heteroatoms. The van der Waals surface area contributed by atoms with Crippen LogP contribution >= 0.6 is 0 Å². The van der Waals surface area contributed by atoms with Crippen molar-refractivity contribution in [3.05, 3.63) is 29.3 Å². The summed E-state index contributed by atoms with van der Waals surface area (Å²) in [5, 5.41) is 9.14. The van der Waals surface area contributed by atoms with E-state index in [2.05, 4.69) is 42.0 Å². The molecule has 0 aliphatic carbocycles. The molecule has 0 N–H and O–H groups in total. The second-order valence-electron chi connectivity index (χ2n) is 4.60. The summed E-state index contributed by atoms with van der Waals surface area (Å²) in [6, 6.07) is 8.56. The van der Waals surface area contributed by atoms with Crippen LogP contribution in [-0.4, -0.2) is 38.1 Å². The topological polar surface area (TPSA) is 30.3 Å². The Morgan fingerprint density at radius 2 is 1.94 bits per heavy atom. The Kier molecular flexibility index (Phi) is 3.65. The number of hydrogen-bond donors (Lipinski definition) is 0. The molecule has 0 amide bonds. The smallest absolute Gasteiger partial charge is 0.0995 e. The van der Waals surface area contributed by atoms with Crippen LogP contribution in [0.5, 0.6) is 0 Å². The molecule has 0 radical (unpaired) electrons. The summed E-state index contributed by atoms with van der Waals surface area (Å²) < 4.78 is 0. The number of aryl methyl sites for hydroxylation is 1. The first kappa shape index (κ1) is 11.9. The van der Waals surface area contributed by atoms with E-state index >= 15 is 0 Å². The van der Waals surface area contributed by atoms with Crippen molar-refractivity contribution in [1.29, 1.82) is 5.26 Å². The summed E-state index contributed by atoms with van der Waals surface area (Å²) in [5.74, 6) is 0. The molecule has 1 fully saturated rings. The maximum absolute atomic E-state index is 9.14. The molecule has 90 valence electrons. The van der Waals surface area contributed by atoms with Gasteiger partial charge in [0, 0.05) is 31.9 Å². The Bertz CT molecular complexity index is 426. The molecule has 1 aliphatic rings. The Hall–Kier alpha value is -1.53. The van der Waals surface area contributed by atoms with E-state index in [4.69, 9.17) is 5.26 Å². The number of piperazine rings is 1. The molecule has 0 spiro atoms. The number of benzene rings is 1. The average Bonchev–Trinajstić information content (AvgIpc) is 2.39. The van der Waals surface area contributed by atoms with Crippen molar-refractivity contribution in [2.45, 2.75) is 13.3 Å². The van der Waals surface area contributed by atoms with Crippen LogP contribution in [0.15, 0.2) is 18.2 Å². The van der Waals surface area contributed by atoms with E-state index in [1.165, 1.54) is 5.69 Å². The number of hydrogen-bond acceptors (Lipinski definition) is 3. The Balaban J connectivity index is 2.19. The molecule has 0 unspecified atom stereocenters. The third-order valence-electron chi connectivity index (χ3n) is 3.46. The lowest BCUT2D eigenvalue weighted by Crippen LogP contribution is -2.44. The van der Waals surface area contributed by atoms with Gasteiger partial charge in [-0.2, -0.15) is 5.26 Å². The Labute approximate surface area is 103 Å². The minimum atomic E-state index is 0.823. The fraction of sp³-hybridized carbons (Fsp3) is 0.500. The van der Waals surface area contributed by atoms with Crippen LogP contribution in [0.1, 0.15) is 18.1 Å². The molecule has 0 aromatic heterocycles. The van der Waals surface area contributed by atoms with Gasteiger partial charge in [0.2, 0.25) is 0 Å². The van der Waals surface area contributed by atoms with Crippen LogP contribution in [0.4, 0.5) is 5.69 Å². The van der Waals surface area contributed by atoms with Crippen molar-refractivity contribution in [2.24, 2.45) is 0 Å². The first-order valence-electron chi connectivity index (χ1n) is 6.21. The molecular weight excluding hydrogens is 210 g/mol. The molecule has 1 aromatic carbocycles. The van der Waals surface area contributed by atoms with Gasteiger partial charge in [-0.05, 0) is 31.2 Å². The highest BCUT2D eigenvalue weighted by molar-refractivity contribution is 5.55. The van der Waals surface area contributed by atoms with E-state index in [0.717, 1.165) is 43.7 Å². The zero-order valence-corrected chi connectivity index (χ0v) is 10.6. The van der Waals surface area contributed by atoms with Gasteiger partial charge in [-0.1, -0.05) is 13.0 Å². The van der Waals surface area contributed by atoms with E-state index in [9.17, 15) is 0 Å². The molecule has 0 saturated carbocycles. The zero-order chi connectivity index (χ0) is 12.3. The zero-order valence-electron chi connectivity index (χ0n) is 10.6. The third kappa shape index (κ3) is 2.59. The summed E-state index contributed by atoms with van der Waals surface area (Å²) in [6.45, 7) is 6.38. The monoisotopic (exact) mass is 229 g/mol. The average molecular weight is 229 g/mol. The molecule has 17 heavy (non-hydrogen) atoms. The van der Waals surface area contributed by atoms with Crippen LogP contribution in [0, 0.1) is 11.3 Å². The Morgan fingerprint density at radius 3 is 2.53 bits per heavy atom. The quantitative estimate of drug-likeness (QED) is 0.775. The largest absolute Gasteiger partial charge is 0.369 e. The van der Waals surface area contributed by atoms with Gasteiger partial charge < -0.3 is 9.80 Å². The fourth-order valence-electron chi connectivity index (χ4n) is 2.24. The molecule has 1 heterocycles. The first-order chi connectivity index (χ1) is 8.24. The molecule has 3 nitrogen and oxygen atoms in total. The van der Waals surface area contributed by atoms with E-state index in [-0.39, 0.29) is 0 Å². The molecule has 2 rings (SSSR count). The SMILES string of the molecule is CCc1ccc(N2CCN(C)CC2)cc1C#N. The first-order valence-corrected chi connectivity index (χ1v) is 6.21. The summed E-state index contributed by atoms with van der Waals surface area (Å²) in [6.07, 6.45) is 0.923. The predicted molar refractivity (Wildman–Crippen MR) is 70.2 cm³/mol. The maximum Gasteiger partial charge on any atom is 0.0995 e. The van der Waals surface area contributed by atoms with Crippen molar-refractivity contribution in [2.75, 3.05) is 38.1 Å². The predicted octanol–water partition coefficient (Wildman–Crippen LogP) is 1.87. The second-order valence-corrected chi connectivity index (χ2v) is 4.60. The van der Waals surface area contributed by atoms with Crippen LogP contribution in [0.2, 0.25) is 0 Å². The number of nitriles is 1. The number of likely N-dealkylation sites (N-methyl/N-ethyl adjacent to an activating group) is 1. The molecule has 0 bridgehead atoms. The molecule has 0 atom stereocenters. The molecule has 1 aliphatic heterocycles. The standard InChI is InChI=1S/C14H19N3/c1-3-12-4-5-14(10-13(12)11-15)17-8-6-16(2)7-9-17/h4-5,10H,3,6-9H2,1-2H3. The van der Waals surface area contributed by atoms with Crippen molar-refractivity contribution in [1.82, 2.24) is 4.90 Å². The van der Waals surface area contributed by atoms with Crippen LogP contribution in [0.3, 0.4) is 0 Å². The summed E-state index contributed by atoms with van der Waals surface area (Å²) in [7, 11) is 2.15. The fourth-order valence-corrected chi connectivity index (χ4v) is 2.24. The lowest BCUT2D eigenvalue weighted by Gasteiger charge is -2.34. The normalized spacial score (nSPS) is 16.9. The van der Waals surface area contributed by atoms with Gasteiger partial charge in [0.05, 0.1) is 11.6 Å². The molecule has 1 aromatic rings. The lowest BCUT2D eigenvalue weighted by molar-refractivity contribution is 0.313. The van der Waals surface area contributed by atoms with Crippen LogP contribution < -0.4 is 4.90 Å². The Morgan fingerprint density at radius 1 is 1.24 bits per heavy atom. The summed E-state index contributed by atoms with van der Waals surface area (Å²) in [4.78, 5) is 4.70. The minimum absolute atomic E-state index is 0.823. The lowest BCUT2D eigenvalue weighted by atomic mass is 10.0. The van der Waals surface area contributed by atoms with Crippen molar-refractivity contribution < 1.29 is 0 Å². The van der Waals surface area contributed by atoms with Gasteiger partial charge in [-0.25, -0.2) is 0 Å². The van der Waals surface area contributed by atoms with E-state index < -0.39 is 0 Å². The van der Waals surface area contributed by atoms with Crippen molar-refractivity contribution >= 4 is 5.69 Å². The molecular formula is C14H19N3. The highest BCUT2D eigenvalue weighted by atomic mass is 15.2. The number of rotatable bonds is 2. The van der Waals surface area contributed by atoms with Gasteiger partial charge in [0.1, 0.15) is 0 Å². The van der Waals surface area contributed by atoms with E-state index in [1.807, 2.05) is 6.07 Å². The van der Waals surface area contributed by atoms with Crippen molar-refractivity contribution in [3.63, 3.8) is 0 Å². The number of anilines is 1.